The molecule has 0 unspecified atom stereocenters. The van der Waals surface area contributed by atoms with Crippen LogP contribution < -0.4 is 11.0 Å². The smallest absolute Gasteiger partial charge is 0.347 e. The molecule has 5 nitrogen and oxygen atoms in total. The van der Waals surface area contributed by atoms with E-state index in [2.05, 4.69) is 20.3 Å². The Hall–Kier alpha value is -1.65. The van der Waals surface area contributed by atoms with Crippen molar-refractivity contribution >= 4 is 17.2 Å². The second kappa shape index (κ2) is 2.69. The van der Waals surface area contributed by atoms with Crippen LogP contribution in [-0.2, 0) is 0 Å². The van der Waals surface area contributed by atoms with Crippen molar-refractivity contribution in [3.63, 3.8) is 0 Å². The SMILES string of the molecule is CC1=Nc2c(nc(=O)[nH]c2C)NC1. The number of anilines is 1. The van der Waals surface area contributed by atoms with Crippen LogP contribution in [-0.4, -0.2) is 22.2 Å². The highest BCUT2D eigenvalue weighted by molar-refractivity contribution is 5.93. The number of nitrogens with zero attached hydrogens (tertiary/aromatic N) is 2. The van der Waals surface area contributed by atoms with Crippen LogP contribution >= 0.6 is 0 Å². The molecule has 0 spiro atoms. The summed E-state index contributed by atoms with van der Waals surface area (Å²) in [6.45, 7) is 4.40. The van der Waals surface area contributed by atoms with Gasteiger partial charge in [-0.25, -0.2) is 4.79 Å². The first-order valence-corrected chi connectivity index (χ1v) is 4.06. The normalized spacial score (nSPS) is 14.5. The number of rotatable bonds is 0. The first kappa shape index (κ1) is 7.97. The highest BCUT2D eigenvalue weighted by Gasteiger charge is 2.12. The molecule has 1 aromatic rings. The van der Waals surface area contributed by atoms with Crippen LogP contribution in [0.15, 0.2) is 9.79 Å². The summed E-state index contributed by atoms with van der Waals surface area (Å²) in [6.07, 6.45) is 0. The Morgan fingerprint density at radius 2 is 2.15 bits per heavy atom. The molecule has 0 bridgehead atoms. The zero-order chi connectivity index (χ0) is 9.42. The molecule has 5 heteroatoms. The van der Waals surface area contributed by atoms with Crippen molar-refractivity contribution in [3.05, 3.63) is 16.2 Å². The van der Waals surface area contributed by atoms with Crippen molar-refractivity contribution < 1.29 is 0 Å². The maximum Gasteiger partial charge on any atom is 0.347 e. The van der Waals surface area contributed by atoms with Gasteiger partial charge in [0.15, 0.2) is 5.82 Å². The molecule has 0 saturated carbocycles. The van der Waals surface area contributed by atoms with Crippen LogP contribution in [0.1, 0.15) is 12.6 Å². The largest absolute Gasteiger partial charge is 0.363 e. The molecule has 13 heavy (non-hydrogen) atoms. The number of hydrogen-bond donors (Lipinski definition) is 2. The fourth-order valence-corrected chi connectivity index (χ4v) is 1.28. The Morgan fingerprint density at radius 1 is 1.38 bits per heavy atom. The van der Waals surface area contributed by atoms with E-state index < -0.39 is 0 Å². The Labute approximate surface area is 74.9 Å². The van der Waals surface area contributed by atoms with E-state index >= 15 is 0 Å². The maximum absolute atomic E-state index is 11.0. The molecule has 2 heterocycles. The summed E-state index contributed by atoms with van der Waals surface area (Å²) in [4.78, 5) is 21.7. The lowest BCUT2D eigenvalue weighted by Gasteiger charge is -2.14. The molecule has 0 radical (unpaired) electrons. The summed E-state index contributed by atoms with van der Waals surface area (Å²) >= 11 is 0. The standard InChI is InChI=1S/C8H10N4O/c1-4-3-9-7-6(10-4)5(2)11-8(13)12-7/h3H2,1-2H3,(H2,9,11,12,13). The minimum Gasteiger partial charge on any atom is -0.363 e. The quantitative estimate of drug-likeness (QED) is 0.611. The highest BCUT2D eigenvalue weighted by atomic mass is 16.1. The van der Waals surface area contributed by atoms with Gasteiger partial charge in [0.2, 0.25) is 0 Å². The minimum absolute atomic E-state index is 0.335. The number of aliphatic imine (C=N–C) groups is 1. The molecule has 0 atom stereocenters. The van der Waals surface area contributed by atoms with Crippen LogP contribution in [0.5, 0.6) is 0 Å². The molecule has 0 aliphatic carbocycles. The summed E-state index contributed by atoms with van der Waals surface area (Å²) in [5.41, 5.74) is 2.15. The Balaban J connectivity index is 2.68. The second-order valence-electron chi connectivity index (χ2n) is 3.06. The minimum atomic E-state index is -0.335. The third-order valence-corrected chi connectivity index (χ3v) is 1.90. The third-order valence-electron chi connectivity index (χ3n) is 1.90. The van der Waals surface area contributed by atoms with Gasteiger partial charge >= 0.3 is 5.69 Å². The monoisotopic (exact) mass is 178 g/mol. The lowest BCUT2D eigenvalue weighted by Crippen LogP contribution is -2.21. The number of aromatic amines is 1. The predicted octanol–water partition coefficient (Wildman–Crippen LogP) is 0.596. The molecule has 0 aromatic carbocycles. The first-order chi connectivity index (χ1) is 6.16. The van der Waals surface area contributed by atoms with E-state index in [0.717, 1.165) is 17.1 Å². The average molecular weight is 178 g/mol. The van der Waals surface area contributed by atoms with Crippen molar-refractivity contribution in [1.82, 2.24) is 9.97 Å². The summed E-state index contributed by atoms with van der Waals surface area (Å²) in [5, 5.41) is 3.03. The topological polar surface area (TPSA) is 70.1 Å². The maximum atomic E-state index is 11.0. The lowest BCUT2D eigenvalue weighted by molar-refractivity contribution is 1.01. The van der Waals surface area contributed by atoms with Crippen LogP contribution in [0.3, 0.4) is 0 Å². The van der Waals surface area contributed by atoms with Crippen LogP contribution in [0.25, 0.3) is 0 Å². The van der Waals surface area contributed by atoms with Gasteiger partial charge in [-0.1, -0.05) is 0 Å². The van der Waals surface area contributed by atoms with Gasteiger partial charge in [-0.2, -0.15) is 4.98 Å². The lowest BCUT2D eigenvalue weighted by atomic mass is 10.3. The van der Waals surface area contributed by atoms with Crippen molar-refractivity contribution in [1.29, 1.82) is 0 Å². The molecule has 0 saturated heterocycles. The number of aryl methyl sites for hydroxylation is 1. The van der Waals surface area contributed by atoms with Gasteiger partial charge in [0.05, 0.1) is 6.54 Å². The number of nitrogens with one attached hydrogen (secondary N) is 2. The number of hydrogen-bond acceptors (Lipinski definition) is 4. The van der Waals surface area contributed by atoms with E-state index in [1.165, 1.54) is 0 Å². The van der Waals surface area contributed by atoms with Crippen molar-refractivity contribution in [3.8, 4) is 0 Å². The summed E-state index contributed by atoms with van der Waals surface area (Å²) in [7, 11) is 0. The molecule has 1 aromatic heterocycles. The molecular formula is C8H10N4O. The van der Waals surface area contributed by atoms with E-state index in [1.54, 1.807) is 0 Å². The van der Waals surface area contributed by atoms with Crippen LogP contribution in [0.2, 0.25) is 0 Å². The number of aromatic nitrogens is 2. The third kappa shape index (κ3) is 1.32. The average Bonchev–Trinajstić information content (AvgIpc) is 2.06. The van der Waals surface area contributed by atoms with Crippen LogP contribution in [0, 0.1) is 6.92 Å². The number of fused-ring (bicyclic) bond motifs is 1. The molecule has 2 N–H and O–H groups in total. The van der Waals surface area contributed by atoms with Gasteiger partial charge < -0.3 is 10.3 Å². The molecule has 1 aliphatic rings. The summed E-state index contributed by atoms with van der Waals surface area (Å²) in [6, 6.07) is 0. The fraction of sp³-hybridized carbons (Fsp3) is 0.375. The van der Waals surface area contributed by atoms with Crippen molar-refractivity contribution in [2.75, 3.05) is 11.9 Å². The van der Waals surface area contributed by atoms with Gasteiger partial charge in [-0.15, -0.1) is 0 Å². The van der Waals surface area contributed by atoms with Crippen molar-refractivity contribution in [2.45, 2.75) is 13.8 Å². The van der Waals surface area contributed by atoms with E-state index in [0.29, 0.717) is 12.4 Å². The second-order valence-corrected chi connectivity index (χ2v) is 3.06. The molecule has 2 rings (SSSR count). The van der Waals surface area contributed by atoms with Gasteiger partial charge in [0, 0.05) is 11.4 Å². The highest BCUT2D eigenvalue weighted by Crippen LogP contribution is 2.26. The first-order valence-electron chi connectivity index (χ1n) is 4.06. The zero-order valence-corrected chi connectivity index (χ0v) is 7.51. The predicted molar refractivity (Wildman–Crippen MR) is 50.9 cm³/mol. The van der Waals surface area contributed by atoms with E-state index in [4.69, 9.17) is 0 Å². The molecule has 1 aliphatic heterocycles. The number of H-pyrrole nitrogens is 1. The van der Waals surface area contributed by atoms with E-state index in [1.807, 2.05) is 13.8 Å². The molecular weight excluding hydrogens is 168 g/mol. The zero-order valence-electron chi connectivity index (χ0n) is 7.51. The fourth-order valence-electron chi connectivity index (χ4n) is 1.28. The van der Waals surface area contributed by atoms with Gasteiger partial charge in [0.25, 0.3) is 0 Å². The van der Waals surface area contributed by atoms with Crippen LogP contribution in [0.4, 0.5) is 11.5 Å². The molecule has 68 valence electrons. The molecule has 0 fully saturated rings. The van der Waals surface area contributed by atoms with Crippen molar-refractivity contribution in [2.24, 2.45) is 4.99 Å². The Kier molecular flexibility index (Phi) is 1.65. The molecule has 0 amide bonds. The Bertz CT molecular complexity index is 432. The summed E-state index contributed by atoms with van der Waals surface area (Å²) < 4.78 is 0. The summed E-state index contributed by atoms with van der Waals surface area (Å²) in [5.74, 6) is 0.576. The van der Waals surface area contributed by atoms with E-state index in [9.17, 15) is 4.79 Å². The van der Waals surface area contributed by atoms with Gasteiger partial charge in [-0.05, 0) is 13.8 Å². The van der Waals surface area contributed by atoms with Gasteiger partial charge in [-0.3, -0.25) is 4.99 Å². The van der Waals surface area contributed by atoms with Gasteiger partial charge in [0.1, 0.15) is 5.69 Å². The Morgan fingerprint density at radius 3 is 2.92 bits per heavy atom. The van der Waals surface area contributed by atoms with E-state index in [-0.39, 0.29) is 5.69 Å².